The van der Waals surface area contributed by atoms with Crippen LogP contribution in [0.1, 0.15) is 12.5 Å². The molecule has 0 aliphatic rings. The smallest absolute Gasteiger partial charge is 0.228 e. The molecule has 1 atom stereocenters. The molecule has 0 saturated carbocycles. The van der Waals surface area contributed by atoms with Crippen molar-refractivity contribution >= 4 is 24.2 Å². The first-order valence-electron chi connectivity index (χ1n) is 4.62. The van der Waals surface area contributed by atoms with Crippen LogP contribution in [0.2, 0.25) is 0 Å². The molecule has 0 fully saturated rings. The van der Waals surface area contributed by atoms with Crippen molar-refractivity contribution < 1.29 is 4.79 Å². The first kappa shape index (κ1) is 11.1. The zero-order valence-electron chi connectivity index (χ0n) is 8.45. The molecule has 14 heavy (non-hydrogen) atoms. The largest absolute Gasteiger partial charge is 0.326 e. The number of hydrogen-bond donors (Lipinski definition) is 2. The molecule has 1 aromatic carbocycles. The Labute approximate surface area is 90.1 Å². The second-order valence-electron chi connectivity index (χ2n) is 3.44. The minimum Gasteiger partial charge on any atom is -0.326 e. The third-order valence-electron chi connectivity index (χ3n) is 2.04. The molecule has 2 nitrogen and oxygen atoms in total. The summed E-state index contributed by atoms with van der Waals surface area (Å²) in [5.74, 6) is 0.529. The van der Waals surface area contributed by atoms with E-state index in [-0.39, 0.29) is 11.8 Å². The maximum atomic E-state index is 11.5. The van der Waals surface area contributed by atoms with Crippen molar-refractivity contribution in [3.8, 4) is 0 Å². The van der Waals surface area contributed by atoms with Gasteiger partial charge >= 0.3 is 0 Å². The standard InChI is InChI=1S/C11H15NOS/c1-8-3-5-10(6-4-8)12-11(13)9(2)7-14/h3-6,9,14H,7H2,1-2H3,(H,12,13). The van der Waals surface area contributed by atoms with Crippen molar-refractivity contribution in [3.63, 3.8) is 0 Å². The van der Waals surface area contributed by atoms with E-state index in [1.807, 2.05) is 38.1 Å². The highest BCUT2D eigenvalue weighted by Gasteiger charge is 2.10. The van der Waals surface area contributed by atoms with Gasteiger partial charge in [0, 0.05) is 17.4 Å². The predicted octanol–water partition coefficient (Wildman–Crippen LogP) is 2.50. The van der Waals surface area contributed by atoms with Crippen molar-refractivity contribution in [2.75, 3.05) is 11.1 Å². The van der Waals surface area contributed by atoms with Crippen LogP contribution in [-0.2, 0) is 4.79 Å². The maximum Gasteiger partial charge on any atom is 0.228 e. The summed E-state index contributed by atoms with van der Waals surface area (Å²) in [6.45, 7) is 3.87. The number of nitrogens with one attached hydrogen (secondary N) is 1. The summed E-state index contributed by atoms with van der Waals surface area (Å²) in [5.41, 5.74) is 2.03. The molecule has 0 aliphatic heterocycles. The van der Waals surface area contributed by atoms with E-state index in [4.69, 9.17) is 0 Å². The zero-order valence-corrected chi connectivity index (χ0v) is 9.34. The first-order valence-corrected chi connectivity index (χ1v) is 5.25. The topological polar surface area (TPSA) is 29.1 Å². The monoisotopic (exact) mass is 209 g/mol. The number of amides is 1. The fraction of sp³-hybridized carbons (Fsp3) is 0.364. The number of anilines is 1. The Kier molecular flexibility index (Phi) is 4.01. The highest BCUT2D eigenvalue weighted by atomic mass is 32.1. The van der Waals surface area contributed by atoms with Crippen LogP contribution in [-0.4, -0.2) is 11.7 Å². The molecular formula is C11H15NOS. The Morgan fingerprint density at radius 3 is 2.50 bits per heavy atom. The Balaban J connectivity index is 2.60. The lowest BCUT2D eigenvalue weighted by Crippen LogP contribution is -2.21. The number of rotatable bonds is 3. The molecule has 0 heterocycles. The highest BCUT2D eigenvalue weighted by Crippen LogP contribution is 2.10. The Bertz CT molecular complexity index is 308. The summed E-state index contributed by atoms with van der Waals surface area (Å²) < 4.78 is 0. The van der Waals surface area contributed by atoms with Crippen LogP contribution in [0.25, 0.3) is 0 Å². The van der Waals surface area contributed by atoms with Gasteiger partial charge in [-0.15, -0.1) is 0 Å². The van der Waals surface area contributed by atoms with Crippen LogP contribution in [0.3, 0.4) is 0 Å². The van der Waals surface area contributed by atoms with Gasteiger partial charge in [-0.1, -0.05) is 24.6 Å². The molecule has 3 heteroatoms. The molecule has 1 amide bonds. The summed E-state index contributed by atoms with van der Waals surface area (Å²) in [5, 5.41) is 2.83. The van der Waals surface area contributed by atoms with Gasteiger partial charge in [0.2, 0.25) is 5.91 Å². The number of carbonyl (C=O) groups is 1. The van der Waals surface area contributed by atoms with Crippen LogP contribution in [0.4, 0.5) is 5.69 Å². The number of carbonyl (C=O) groups excluding carboxylic acids is 1. The number of benzene rings is 1. The van der Waals surface area contributed by atoms with Gasteiger partial charge in [0.15, 0.2) is 0 Å². The van der Waals surface area contributed by atoms with Gasteiger partial charge in [-0.05, 0) is 19.1 Å². The molecule has 0 spiro atoms. The van der Waals surface area contributed by atoms with Crippen LogP contribution in [0.15, 0.2) is 24.3 Å². The minimum atomic E-state index is -0.0559. The molecule has 1 rings (SSSR count). The summed E-state index contributed by atoms with van der Waals surface area (Å²) in [6.07, 6.45) is 0. The third-order valence-corrected chi connectivity index (χ3v) is 2.59. The first-order chi connectivity index (χ1) is 6.63. The zero-order chi connectivity index (χ0) is 10.6. The van der Waals surface area contributed by atoms with E-state index >= 15 is 0 Å². The SMILES string of the molecule is Cc1ccc(NC(=O)C(C)CS)cc1. The van der Waals surface area contributed by atoms with Crippen LogP contribution >= 0.6 is 12.6 Å². The van der Waals surface area contributed by atoms with Crippen molar-refractivity contribution in [2.24, 2.45) is 5.92 Å². The second-order valence-corrected chi connectivity index (χ2v) is 3.80. The number of aryl methyl sites for hydroxylation is 1. The normalized spacial score (nSPS) is 12.2. The Morgan fingerprint density at radius 2 is 2.00 bits per heavy atom. The van der Waals surface area contributed by atoms with E-state index in [1.165, 1.54) is 5.56 Å². The van der Waals surface area contributed by atoms with Crippen LogP contribution in [0, 0.1) is 12.8 Å². The van der Waals surface area contributed by atoms with E-state index < -0.39 is 0 Å². The van der Waals surface area contributed by atoms with Crippen LogP contribution in [0.5, 0.6) is 0 Å². The van der Waals surface area contributed by atoms with E-state index in [2.05, 4.69) is 17.9 Å². The van der Waals surface area contributed by atoms with E-state index in [1.54, 1.807) is 0 Å². The fourth-order valence-electron chi connectivity index (χ4n) is 0.985. The average molecular weight is 209 g/mol. The van der Waals surface area contributed by atoms with E-state index in [0.29, 0.717) is 5.75 Å². The lowest BCUT2D eigenvalue weighted by molar-refractivity contribution is -0.118. The lowest BCUT2D eigenvalue weighted by atomic mass is 10.2. The highest BCUT2D eigenvalue weighted by molar-refractivity contribution is 7.80. The van der Waals surface area contributed by atoms with Gasteiger partial charge in [0.05, 0.1) is 0 Å². The molecule has 0 bridgehead atoms. The van der Waals surface area contributed by atoms with Gasteiger partial charge in [-0.2, -0.15) is 12.6 Å². The van der Waals surface area contributed by atoms with Gasteiger partial charge in [-0.25, -0.2) is 0 Å². The average Bonchev–Trinajstić information content (AvgIpc) is 2.20. The Morgan fingerprint density at radius 1 is 1.43 bits per heavy atom. The van der Waals surface area contributed by atoms with E-state index in [9.17, 15) is 4.79 Å². The second kappa shape index (κ2) is 5.05. The molecular weight excluding hydrogens is 194 g/mol. The summed E-state index contributed by atoms with van der Waals surface area (Å²) >= 11 is 4.08. The minimum absolute atomic E-state index is 0.0175. The fourth-order valence-corrected chi connectivity index (χ4v) is 1.15. The third kappa shape index (κ3) is 3.07. The summed E-state index contributed by atoms with van der Waals surface area (Å²) in [6, 6.07) is 7.75. The van der Waals surface area contributed by atoms with Crippen LogP contribution < -0.4 is 5.32 Å². The number of thiol groups is 1. The summed E-state index contributed by atoms with van der Waals surface area (Å²) in [4.78, 5) is 11.5. The molecule has 1 unspecified atom stereocenters. The molecule has 0 saturated heterocycles. The summed E-state index contributed by atoms with van der Waals surface area (Å²) in [7, 11) is 0. The maximum absolute atomic E-state index is 11.5. The molecule has 0 aromatic heterocycles. The predicted molar refractivity (Wildman–Crippen MR) is 62.8 cm³/mol. The van der Waals surface area contributed by atoms with Crippen molar-refractivity contribution in [2.45, 2.75) is 13.8 Å². The van der Waals surface area contributed by atoms with Gasteiger partial charge in [0.1, 0.15) is 0 Å². The quantitative estimate of drug-likeness (QED) is 0.736. The van der Waals surface area contributed by atoms with Gasteiger partial charge < -0.3 is 5.32 Å². The Hall–Kier alpha value is -0.960. The van der Waals surface area contributed by atoms with Gasteiger partial charge in [0.25, 0.3) is 0 Å². The molecule has 1 aromatic rings. The molecule has 76 valence electrons. The van der Waals surface area contributed by atoms with Crippen molar-refractivity contribution in [1.29, 1.82) is 0 Å². The molecule has 0 aliphatic carbocycles. The van der Waals surface area contributed by atoms with E-state index in [0.717, 1.165) is 5.69 Å². The van der Waals surface area contributed by atoms with Crippen molar-refractivity contribution in [3.05, 3.63) is 29.8 Å². The lowest BCUT2D eigenvalue weighted by Gasteiger charge is -2.09. The van der Waals surface area contributed by atoms with Gasteiger partial charge in [-0.3, -0.25) is 4.79 Å². The molecule has 1 N–H and O–H groups in total. The molecule has 0 radical (unpaired) electrons. The number of hydrogen-bond acceptors (Lipinski definition) is 2. The van der Waals surface area contributed by atoms with Crippen molar-refractivity contribution in [1.82, 2.24) is 0 Å².